The fraction of sp³-hybridized carbons (Fsp3) is 0.357. The second-order valence-corrected chi connectivity index (χ2v) is 4.78. The van der Waals surface area contributed by atoms with Crippen LogP contribution in [-0.2, 0) is 0 Å². The normalized spacial score (nSPS) is 15.7. The standard InChI is InChI=1S/C14H15FN2O2/c15-12-8-10(11-9-16-19-14(11)18)4-5-13(12)17-6-2-1-3-7-17/h4-5,8-9,16H,1-3,6-7H2. The zero-order valence-electron chi connectivity index (χ0n) is 10.5. The lowest BCUT2D eigenvalue weighted by Gasteiger charge is -2.29. The molecule has 0 spiro atoms. The molecule has 0 unspecified atom stereocenters. The van der Waals surface area contributed by atoms with Crippen molar-refractivity contribution in [3.8, 4) is 11.1 Å². The highest BCUT2D eigenvalue weighted by Crippen LogP contribution is 2.27. The molecule has 0 bridgehead atoms. The molecule has 1 aromatic heterocycles. The van der Waals surface area contributed by atoms with Gasteiger partial charge in [0, 0.05) is 13.1 Å². The molecular formula is C14H15FN2O2. The second-order valence-electron chi connectivity index (χ2n) is 4.78. The van der Waals surface area contributed by atoms with Gasteiger partial charge in [-0.3, -0.25) is 0 Å². The van der Waals surface area contributed by atoms with Gasteiger partial charge < -0.3 is 9.42 Å². The van der Waals surface area contributed by atoms with E-state index in [0.717, 1.165) is 25.9 Å². The zero-order valence-corrected chi connectivity index (χ0v) is 10.5. The topological polar surface area (TPSA) is 49.2 Å². The first-order valence-corrected chi connectivity index (χ1v) is 6.47. The minimum Gasteiger partial charge on any atom is -0.369 e. The smallest absolute Gasteiger partial charge is 0.364 e. The van der Waals surface area contributed by atoms with Gasteiger partial charge >= 0.3 is 5.63 Å². The van der Waals surface area contributed by atoms with Gasteiger partial charge in [0.15, 0.2) is 0 Å². The Kier molecular flexibility index (Phi) is 3.11. The number of aromatic nitrogens is 1. The van der Waals surface area contributed by atoms with Crippen molar-refractivity contribution in [3.63, 3.8) is 0 Å². The highest BCUT2D eigenvalue weighted by atomic mass is 19.1. The summed E-state index contributed by atoms with van der Waals surface area (Å²) in [5, 5.41) is 2.37. The van der Waals surface area contributed by atoms with E-state index < -0.39 is 5.63 Å². The summed E-state index contributed by atoms with van der Waals surface area (Å²) in [5.41, 5.74) is 1.02. The van der Waals surface area contributed by atoms with Crippen LogP contribution in [0.1, 0.15) is 19.3 Å². The van der Waals surface area contributed by atoms with Gasteiger partial charge in [-0.05, 0) is 37.0 Å². The fourth-order valence-corrected chi connectivity index (χ4v) is 2.52. The van der Waals surface area contributed by atoms with E-state index in [0.29, 0.717) is 16.8 Å². The molecule has 100 valence electrons. The SMILES string of the molecule is O=c1o[nH]cc1-c1ccc(N2CCCCC2)c(F)c1. The first-order valence-electron chi connectivity index (χ1n) is 6.47. The first kappa shape index (κ1) is 12.0. The number of anilines is 1. The van der Waals surface area contributed by atoms with E-state index in [9.17, 15) is 9.18 Å². The number of aromatic amines is 1. The Labute approximate surface area is 109 Å². The van der Waals surface area contributed by atoms with Crippen molar-refractivity contribution in [2.45, 2.75) is 19.3 Å². The molecule has 4 nitrogen and oxygen atoms in total. The van der Waals surface area contributed by atoms with Crippen LogP contribution >= 0.6 is 0 Å². The molecule has 1 N–H and O–H groups in total. The highest BCUT2D eigenvalue weighted by Gasteiger charge is 2.16. The van der Waals surface area contributed by atoms with Crippen molar-refractivity contribution in [2.24, 2.45) is 0 Å². The average Bonchev–Trinajstić information content (AvgIpc) is 2.86. The molecule has 1 aliphatic heterocycles. The van der Waals surface area contributed by atoms with Crippen molar-refractivity contribution in [2.75, 3.05) is 18.0 Å². The number of piperidine rings is 1. The monoisotopic (exact) mass is 262 g/mol. The quantitative estimate of drug-likeness (QED) is 0.905. The van der Waals surface area contributed by atoms with Crippen LogP contribution in [0.25, 0.3) is 11.1 Å². The Morgan fingerprint density at radius 3 is 2.63 bits per heavy atom. The number of halogens is 1. The van der Waals surface area contributed by atoms with E-state index in [4.69, 9.17) is 0 Å². The Balaban J connectivity index is 1.93. The lowest BCUT2D eigenvalue weighted by molar-refractivity contribution is 0.392. The lowest BCUT2D eigenvalue weighted by atomic mass is 10.1. The van der Waals surface area contributed by atoms with Crippen LogP contribution in [0.3, 0.4) is 0 Å². The predicted octanol–water partition coefficient (Wildman–Crippen LogP) is 2.76. The molecule has 2 aromatic rings. The maximum Gasteiger partial charge on any atom is 0.364 e. The third-order valence-corrected chi connectivity index (χ3v) is 3.53. The molecule has 3 rings (SSSR count). The van der Waals surface area contributed by atoms with Gasteiger partial charge in [-0.25, -0.2) is 14.3 Å². The van der Waals surface area contributed by atoms with Crippen LogP contribution in [0.2, 0.25) is 0 Å². The van der Waals surface area contributed by atoms with Gasteiger partial charge in [0.25, 0.3) is 0 Å². The zero-order chi connectivity index (χ0) is 13.2. The van der Waals surface area contributed by atoms with E-state index in [1.165, 1.54) is 18.7 Å². The fourth-order valence-electron chi connectivity index (χ4n) is 2.52. The first-order chi connectivity index (χ1) is 9.25. The van der Waals surface area contributed by atoms with E-state index >= 15 is 0 Å². The van der Waals surface area contributed by atoms with E-state index in [1.807, 2.05) is 0 Å². The second kappa shape index (κ2) is 4.91. The Morgan fingerprint density at radius 2 is 2.00 bits per heavy atom. The molecule has 1 aromatic carbocycles. The van der Waals surface area contributed by atoms with E-state index in [2.05, 4.69) is 14.6 Å². The minimum atomic E-state index is -0.481. The van der Waals surface area contributed by atoms with Crippen LogP contribution in [0, 0.1) is 5.82 Å². The number of hydrogen-bond acceptors (Lipinski definition) is 3. The van der Waals surface area contributed by atoms with Crippen molar-refractivity contribution >= 4 is 5.69 Å². The number of H-pyrrole nitrogens is 1. The summed E-state index contributed by atoms with van der Waals surface area (Å²) in [4.78, 5) is 13.4. The maximum atomic E-state index is 14.2. The molecular weight excluding hydrogens is 247 g/mol. The Bertz CT molecular complexity index is 626. The molecule has 0 saturated carbocycles. The summed E-state index contributed by atoms with van der Waals surface area (Å²) < 4.78 is 18.8. The van der Waals surface area contributed by atoms with Gasteiger partial charge in [0.1, 0.15) is 5.82 Å². The number of hydrogen-bond donors (Lipinski definition) is 1. The molecule has 1 fully saturated rings. The third-order valence-electron chi connectivity index (χ3n) is 3.53. The molecule has 0 atom stereocenters. The number of benzene rings is 1. The van der Waals surface area contributed by atoms with Crippen LogP contribution in [0.5, 0.6) is 0 Å². The van der Waals surface area contributed by atoms with Gasteiger partial charge in [-0.15, -0.1) is 0 Å². The number of nitrogens with one attached hydrogen (secondary N) is 1. The third kappa shape index (κ3) is 2.28. The summed E-state index contributed by atoms with van der Waals surface area (Å²) in [5.74, 6) is -0.292. The van der Waals surface area contributed by atoms with Crippen LogP contribution in [0.4, 0.5) is 10.1 Å². The van der Waals surface area contributed by atoms with E-state index in [1.54, 1.807) is 12.1 Å². The van der Waals surface area contributed by atoms with Crippen molar-refractivity contribution in [1.82, 2.24) is 5.16 Å². The maximum absolute atomic E-state index is 14.2. The van der Waals surface area contributed by atoms with Crippen LogP contribution in [-0.4, -0.2) is 18.2 Å². The molecule has 19 heavy (non-hydrogen) atoms. The summed E-state index contributed by atoms with van der Waals surface area (Å²) in [6, 6.07) is 4.89. The Hall–Kier alpha value is -2.04. The predicted molar refractivity (Wildman–Crippen MR) is 70.8 cm³/mol. The molecule has 1 saturated heterocycles. The Morgan fingerprint density at radius 1 is 1.21 bits per heavy atom. The molecule has 5 heteroatoms. The molecule has 2 heterocycles. The molecule has 0 radical (unpaired) electrons. The van der Waals surface area contributed by atoms with E-state index in [-0.39, 0.29) is 5.82 Å². The molecule has 0 aliphatic carbocycles. The van der Waals surface area contributed by atoms with Crippen molar-refractivity contribution in [3.05, 3.63) is 40.6 Å². The number of rotatable bonds is 2. The van der Waals surface area contributed by atoms with Gasteiger partial charge in [0.2, 0.25) is 0 Å². The summed E-state index contributed by atoms with van der Waals surface area (Å²) >= 11 is 0. The molecule has 1 aliphatic rings. The summed E-state index contributed by atoms with van der Waals surface area (Å²) in [7, 11) is 0. The summed E-state index contributed by atoms with van der Waals surface area (Å²) in [6.07, 6.45) is 4.85. The van der Waals surface area contributed by atoms with Crippen molar-refractivity contribution < 1.29 is 8.91 Å². The van der Waals surface area contributed by atoms with Gasteiger partial charge in [-0.2, -0.15) is 0 Å². The lowest BCUT2D eigenvalue weighted by Crippen LogP contribution is -2.30. The van der Waals surface area contributed by atoms with Crippen molar-refractivity contribution in [1.29, 1.82) is 0 Å². The summed E-state index contributed by atoms with van der Waals surface area (Å²) in [6.45, 7) is 1.78. The molecule has 0 amide bonds. The largest absolute Gasteiger partial charge is 0.369 e. The number of nitrogens with zero attached hydrogens (tertiary/aromatic N) is 1. The van der Waals surface area contributed by atoms with Gasteiger partial charge in [-0.1, -0.05) is 6.07 Å². The van der Waals surface area contributed by atoms with Crippen LogP contribution < -0.4 is 10.5 Å². The minimum absolute atomic E-state index is 0.292. The van der Waals surface area contributed by atoms with Crippen LogP contribution in [0.15, 0.2) is 33.7 Å². The average molecular weight is 262 g/mol. The highest BCUT2D eigenvalue weighted by molar-refractivity contribution is 5.65. The van der Waals surface area contributed by atoms with Gasteiger partial charge in [0.05, 0.1) is 17.4 Å².